The third kappa shape index (κ3) is 2.46. The number of nitrogens with zero attached hydrogens (tertiary/aromatic N) is 1. The second-order valence-corrected chi connectivity index (χ2v) is 5.10. The zero-order valence-corrected chi connectivity index (χ0v) is 10.3. The summed E-state index contributed by atoms with van der Waals surface area (Å²) in [6.45, 7) is 7.19. The Labute approximate surface area is 95.8 Å². The van der Waals surface area contributed by atoms with E-state index in [4.69, 9.17) is 5.11 Å². The summed E-state index contributed by atoms with van der Waals surface area (Å²) >= 11 is 0. The lowest BCUT2D eigenvalue weighted by atomic mass is 10.0. The van der Waals surface area contributed by atoms with Crippen LogP contribution in [-0.2, 0) is 4.79 Å². The Balaban J connectivity index is 2.73. The highest BCUT2D eigenvalue weighted by molar-refractivity contribution is 5.86. The normalized spacial score (nSPS) is 17.8. The Morgan fingerprint density at radius 1 is 1.44 bits per heavy atom. The zero-order chi connectivity index (χ0) is 12.6. The molecule has 0 heterocycles. The van der Waals surface area contributed by atoms with Gasteiger partial charge in [-0.25, -0.2) is 9.59 Å². The maximum Gasteiger partial charge on any atom is 0.329 e. The molecule has 5 nitrogen and oxygen atoms in total. The minimum Gasteiger partial charge on any atom is -0.480 e. The molecule has 5 heteroatoms. The Kier molecular flexibility index (Phi) is 3.17. The number of amides is 2. The number of carbonyl (C=O) groups excluding carboxylic acids is 1. The largest absolute Gasteiger partial charge is 0.480 e. The second kappa shape index (κ2) is 3.96. The van der Waals surface area contributed by atoms with Crippen LogP contribution in [0.3, 0.4) is 0 Å². The monoisotopic (exact) mass is 228 g/mol. The Hall–Kier alpha value is -1.26. The molecule has 0 spiro atoms. The number of carboxylic acids is 1. The van der Waals surface area contributed by atoms with E-state index in [9.17, 15) is 9.59 Å². The third-order valence-corrected chi connectivity index (χ3v) is 3.17. The van der Waals surface area contributed by atoms with Crippen LogP contribution in [0.25, 0.3) is 0 Å². The highest BCUT2D eigenvalue weighted by Gasteiger charge is 2.43. The van der Waals surface area contributed by atoms with Gasteiger partial charge in [0, 0.05) is 12.1 Å². The van der Waals surface area contributed by atoms with Gasteiger partial charge in [0.15, 0.2) is 0 Å². The van der Waals surface area contributed by atoms with Gasteiger partial charge in [-0.15, -0.1) is 0 Å². The molecule has 0 aromatic rings. The summed E-state index contributed by atoms with van der Waals surface area (Å²) in [5.41, 5.74) is -1.30. The van der Waals surface area contributed by atoms with E-state index in [0.29, 0.717) is 6.54 Å². The van der Waals surface area contributed by atoms with Gasteiger partial charge in [0.2, 0.25) is 0 Å². The Morgan fingerprint density at radius 3 is 2.25 bits per heavy atom. The molecule has 0 saturated heterocycles. The predicted octanol–water partition coefficient (Wildman–Crippen LogP) is 1.43. The van der Waals surface area contributed by atoms with Gasteiger partial charge < -0.3 is 15.3 Å². The molecule has 0 unspecified atom stereocenters. The van der Waals surface area contributed by atoms with Crippen LogP contribution in [0.4, 0.5) is 4.79 Å². The van der Waals surface area contributed by atoms with Crippen molar-refractivity contribution in [3.8, 4) is 0 Å². The topological polar surface area (TPSA) is 69.6 Å². The summed E-state index contributed by atoms with van der Waals surface area (Å²) in [6, 6.07) is -0.296. The van der Waals surface area contributed by atoms with Crippen LogP contribution in [-0.4, -0.2) is 39.6 Å². The van der Waals surface area contributed by atoms with Crippen molar-refractivity contribution in [1.82, 2.24) is 10.2 Å². The number of rotatable bonds is 4. The Morgan fingerprint density at radius 2 is 1.94 bits per heavy atom. The van der Waals surface area contributed by atoms with Crippen LogP contribution in [0.5, 0.6) is 0 Å². The minimum atomic E-state index is -1.18. The van der Waals surface area contributed by atoms with E-state index in [1.165, 1.54) is 18.7 Å². The van der Waals surface area contributed by atoms with E-state index in [-0.39, 0.29) is 11.6 Å². The van der Waals surface area contributed by atoms with Crippen molar-refractivity contribution in [2.45, 2.75) is 51.6 Å². The van der Waals surface area contributed by atoms with Crippen molar-refractivity contribution in [2.75, 3.05) is 6.54 Å². The van der Waals surface area contributed by atoms with Gasteiger partial charge in [-0.05, 0) is 40.5 Å². The number of likely N-dealkylation sites (N-methyl/N-ethyl adjacent to an activating group) is 1. The van der Waals surface area contributed by atoms with E-state index in [1.807, 2.05) is 6.92 Å². The number of aliphatic carboxylic acids is 1. The van der Waals surface area contributed by atoms with Crippen molar-refractivity contribution in [3.63, 3.8) is 0 Å². The molecule has 1 aliphatic carbocycles. The maximum atomic E-state index is 11.9. The summed E-state index contributed by atoms with van der Waals surface area (Å²) in [4.78, 5) is 24.4. The summed E-state index contributed by atoms with van der Waals surface area (Å²) in [6.07, 6.45) is 1.92. The van der Waals surface area contributed by atoms with Crippen LogP contribution < -0.4 is 5.32 Å². The van der Waals surface area contributed by atoms with E-state index in [0.717, 1.165) is 12.8 Å². The van der Waals surface area contributed by atoms with Crippen molar-refractivity contribution >= 4 is 12.0 Å². The lowest BCUT2D eigenvalue weighted by Crippen LogP contribution is -2.57. The highest BCUT2D eigenvalue weighted by atomic mass is 16.4. The number of carbonyl (C=O) groups is 2. The van der Waals surface area contributed by atoms with Crippen molar-refractivity contribution in [1.29, 1.82) is 0 Å². The van der Waals surface area contributed by atoms with Crippen LogP contribution in [0, 0.1) is 0 Å². The van der Waals surface area contributed by atoms with Crippen LogP contribution in [0.15, 0.2) is 0 Å². The molecular weight excluding hydrogens is 208 g/mol. The van der Waals surface area contributed by atoms with Gasteiger partial charge in [0.25, 0.3) is 0 Å². The SMILES string of the molecule is CCN(C(=O)NC1(C)CC1)C(C)(C)C(=O)O. The van der Waals surface area contributed by atoms with Crippen molar-refractivity contribution in [2.24, 2.45) is 0 Å². The van der Waals surface area contributed by atoms with Gasteiger partial charge in [-0.3, -0.25) is 0 Å². The molecule has 0 radical (unpaired) electrons. The van der Waals surface area contributed by atoms with Gasteiger partial charge >= 0.3 is 12.0 Å². The fraction of sp³-hybridized carbons (Fsp3) is 0.818. The Bertz CT molecular complexity index is 308. The van der Waals surface area contributed by atoms with E-state index in [2.05, 4.69) is 5.32 Å². The molecule has 1 aliphatic rings. The molecule has 16 heavy (non-hydrogen) atoms. The summed E-state index contributed by atoms with van der Waals surface area (Å²) in [7, 11) is 0. The maximum absolute atomic E-state index is 11.9. The van der Waals surface area contributed by atoms with E-state index < -0.39 is 11.5 Å². The van der Waals surface area contributed by atoms with Crippen molar-refractivity contribution < 1.29 is 14.7 Å². The quantitative estimate of drug-likeness (QED) is 0.764. The molecule has 0 atom stereocenters. The van der Waals surface area contributed by atoms with Gasteiger partial charge in [-0.1, -0.05) is 0 Å². The van der Waals surface area contributed by atoms with Crippen LogP contribution >= 0.6 is 0 Å². The summed E-state index contributed by atoms with van der Waals surface area (Å²) in [5, 5.41) is 11.9. The fourth-order valence-electron chi connectivity index (χ4n) is 1.55. The molecule has 0 aromatic carbocycles. The average molecular weight is 228 g/mol. The molecular formula is C11H20N2O3. The molecule has 1 fully saturated rings. The first-order chi connectivity index (χ1) is 7.23. The highest BCUT2D eigenvalue weighted by Crippen LogP contribution is 2.34. The smallest absolute Gasteiger partial charge is 0.329 e. The lowest BCUT2D eigenvalue weighted by molar-refractivity contribution is -0.147. The molecule has 2 amide bonds. The lowest BCUT2D eigenvalue weighted by Gasteiger charge is -2.35. The van der Waals surface area contributed by atoms with Crippen LogP contribution in [0.2, 0.25) is 0 Å². The van der Waals surface area contributed by atoms with E-state index in [1.54, 1.807) is 6.92 Å². The van der Waals surface area contributed by atoms with E-state index >= 15 is 0 Å². The summed E-state index contributed by atoms with van der Waals surface area (Å²) < 4.78 is 0. The van der Waals surface area contributed by atoms with Gasteiger partial charge in [0.1, 0.15) is 5.54 Å². The molecule has 92 valence electrons. The van der Waals surface area contributed by atoms with Crippen molar-refractivity contribution in [3.05, 3.63) is 0 Å². The molecule has 0 aliphatic heterocycles. The molecule has 1 saturated carbocycles. The zero-order valence-electron chi connectivity index (χ0n) is 10.3. The molecule has 0 bridgehead atoms. The third-order valence-electron chi connectivity index (χ3n) is 3.17. The van der Waals surface area contributed by atoms with Gasteiger partial charge in [0.05, 0.1) is 0 Å². The first-order valence-electron chi connectivity index (χ1n) is 5.56. The number of carboxylic acid groups (broad SMARTS) is 1. The fourth-order valence-corrected chi connectivity index (χ4v) is 1.55. The minimum absolute atomic E-state index is 0.126. The molecule has 1 rings (SSSR count). The number of nitrogens with one attached hydrogen (secondary N) is 1. The number of hydrogen-bond donors (Lipinski definition) is 2. The number of hydrogen-bond acceptors (Lipinski definition) is 2. The average Bonchev–Trinajstić information content (AvgIpc) is 2.83. The molecule has 0 aromatic heterocycles. The first-order valence-corrected chi connectivity index (χ1v) is 5.56. The standard InChI is InChI=1S/C11H20N2O3/c1-5-13(10(2,3)8(14)15)9(16)12-11(4)6-7-11/h5-7H2,1-4H3,(H,12,16)(H,14,15). The van der Waals surface area contributed by atoms with Crippen LogP contribution in [0.1, 0.15) is 40.5 Å². The number of urea groups is 1. The van der Waals surface area contributed by atoms with Gasteiger partial charge in [-0.2, -0.15) is 0 Å². The summed E-state index contributed by atoms with van der Waals surface area (Å²) in [5.74, 6) is -0.995. The molecule has 2 N–H and O–H groups in total. The first kappa shape index (κ1) is 12.8. The predicted molar refractivity (Wildman–Crippen MR) is 60.3 cm³/mol. The second-order valence-electron chi connectivity index (χ2n) is 5.10.